The number of hydrogen-bond donors (Lipinski definition) is 2. The molecule has 11 nitrogen and oxygen atoms in total. The lowest BCUT2D eigenvalue weighted by atomic mass is 9.77. The van der Waals surface area contributed by atoms with Crippen molar-refractivity contribution in [3.05, 3.63) is 24.0 Å². The molecule has 0 radical (unpaired) electrons. The zero-order valence-corrected chi connectivity index (χ0v) is 18.3. The Morgan fingerprint density at radius 3 is 2.69 bits per heavy atom. The molecular formula is C21H26N6O5. The molecule has 4 amide bonds. The lowest BCUT2D eigenvalue weighted by Crippen LogP contribution is -2.52. The summed E-state index contributed by atoms with van der Waals surface area (Å²) in [6.45, 7) is 5.39. The maximum atomic E-state index is 12.8. The van der Waals surface area contributed by atoms with Gasteiger partial charge in [-0.1, -0.05) is 6.92 Å². The van der Waals surface area contributed by atoms with Gasteiger partial charge in [0.25, 0.3) is 11.8 Å². The van der Waals surface area contributed by atoms with E-state index in [9.17, 15) is 19.2 Å². The van der Waals surface area contributed by atoms with E-state index in [2.05, 4.69) is 27.7 Å². The van der Waals surface area contributed by atoms with E-state index in [1.165, 1.54) is 6.20 Å². The van der Waals surface area contributed by atoms with Crippen LogP contribution in [-0.2, 0) is 14.3 Å². The van der Waals surface area contributed by atoms with Gasteiger partial charge < -0.3 is 10.1 Å². The van der Waals surface area contributed by atoms with Gasteiger partial charge in [0.05, 0.1) is 11.8 Å². The minimum absolute atomic E-state index is 0.114. The molecule has 170 valence electrons. The second-order valence-electron chi connectivity index (χ2n) is 8.77. The van der Waals surface area contributed by atoms with Gasteiger partial charge in [-0.2, -0.15) is 10.1 Å². The van der Waals surface area contributed by atoms with Crippen LogP contribution in [0.5, 0.6) is 0 Å². The maximum absolute atomic E-state index is 12.8. The van der Waals surface area contributed by atoms with Crippen LogP contribution in [0.2, 0.25) is 0 Å². The van der Waals surface area contributed by atoms with E-state index >= 15 is 0 Å². The van der Waals surface area contributed by atoms with Crippen LogP contribution in [-0.4, -0.2) is 55.7 Å². The quantitative estimate of drug-likeness (QED) is 0.531. The number of hydrogen-bond acceptors (Lipinski definition) is 7. The molecule has 0 aromatic carbocycles. The second-order valence-corrected chi connectivity index (χ2v) is 8.77. The molecule has 2 fully saturated rings. The number of nitrogens with zero attached hydrogens (tertiary/aromatic N) is 4. The maximum Gasteiger partial charge on any atom is 0.344 e. The Kier molecular flexibility index (Phi) is 5.57. The molecule has 0 unspecified atom stereocenters. The SMILES string of the molecule is CC1CCC2(CC1)NC(=O)N(NC(=O)COC(=O)c1cnc3c(cnn3C(C)C)c1)C2=O. The molecular weight excluding hydrogens is 416 g/mol. The number of ether oxygens (including phenoxy) is 1. The van der Waals surface area contributed by atoms with Crippen LogP contribution in [0.1, 0.15) is 62.9 Å². The molecule has 3 heterocycles. The van der Waals surface area contributed by atoms with E-state index in [-0.39, 0.29) is 11.6 Å². The first kappa shape index (κ1) is 21.7. The van der Waals surface area contributed by atoms with Gasteiger partial charge in [0.1, 0.15) is 5.54 Å². The van der Waals surface area contributed by atoms with Crippen molar-refractivity contribution >= 4 is 34.8 Å². The highest BCUT2D eigenvalue weighted by molar-refractivity contribution is 6.08. The first-order chi connectivity index (χ1) is 15.2. The molecule has 2 aliphatic rings. The number of urea groups is 1. The molecule has 1 aliphatic carbocycles. The van der Waals surface area contributed by atoms with Gasteiger partial charge in [-0.05, 0) is 51.5 Å². The number of amides is 4. The molecule has 1 aliphatic heterocycles. The third-order valence-electron chi connectivity index (χ3n) is 6.02. The lowest BCUT2D eigenvalue weighted by molar-refractivity contribution is -0.141. The monoisotopic (exact) mass is 442 g/mol. The summed E-state index contributed by atoms with van der Waals surface area (Å²) in [6.07, 6.45) is 5.66. The lowest BCUT2D eigenvalue weighted by Gasteiger charge is -2.33. The Morgan fingerprint density at radius 1 is 1.28 bits per heavy atom. The van der Waals surface area contributed by atoms with Crippen molar-refractivity contribution in [2.75, 3.05) is 6.61 Å². The highest BCUT2D eigenvalue weighted by atomic mass is 16.5. The Labute approximate surface area is 184 Å². The summed E-state index contributed by atoms with van der Waals surface area (Å²) >= 11 is 0. The molecule has 0 bridgehead atoms. The van der Waals surface area contributed by atoms with Crippen molar-refractivity contribution in [1.82, 2.24) is 30.5 Å². The van der Waals surface area contributed by atoms with Gasteiger partial charge in [0.2, 0.25) is 0 Å². The van der Waals surface area contributed by atoms with Gasteiger partial charge in [-0.3, -0.25) is 15.0 Å². The Balaban J connectivity index is 1.35. The molecule has 1 saturated carbocycles. The standard InChI is InChI=1S/C21H26N6O5/c1-12(2)26-17-14(10-23-26)8-15(9-22-17)18(29)32-11-16(28)25-27-19(30)21(24-20(27)31)6-4-13(3)5-7-21/h8-10,12-13H,4-7,11H2,1-3H3,(H,24,31)(H,25,28). The van der Waals surface area contributed by atoms with Crippen molar-refractivity contribution in [2.45, 2.75) is 58.0 Å². The number of fused-ring (bicyclic) bond motifs is 1. The highest BCUT2D eigenvalue weighted by Gasteiger charge is 2.52. The van der Waals surface area contributed by atoms with Gasteiger partial charge in [-0.25, -0.2) is 19.3 Å². The first-order valence-electron chi connectivity index (χ1n) is 10.7. The minimum Gasteiger partial charge on any atom is -0.452 e. The Bertz CT molecular complexity index is 1090. The van der Waals surface area contributed by atoms with E-state index in [0.29, 0.717) is 34.8 Å². The summed E-state index contributed by atoms with van der Waals surface area (Å²) < 4.78 is 6.77. The number of carbonyl (C=O) groups is 4. The van der Waals surface area contributed by atoms with E-state index in [4.69, 9.17) is 4.74 Å². The summed E-state index contributed by atoms with van der Waals surface area (Å²) in [5.74, 6) is -1.53. The van der Waals surface area contributed by atoms with Crippen molar-refractivity contribution in [2.24, 2.45) is 5.92 Å². The fourth-order valence-corrected chi connectivity index (χ4v) is 4.12. The molecule has 1 saturated heterocycles. The Morgan fingerprint density at radius 2 is 2.00 bits per heavy atom. The van der Waals surface area contributed by atoms with E-state index in [1.54, 1.807) is 16.9 Å². The number of imide groups is 1. The summed E-state index contributed by atoms with van der Waals surface area (Å²) in [5.41, 5.74) is 2.08. The molecule has 2 aromatic rings. The van der Waals surface area contributed by atoms with Crippen LogP contribution in [0, 0.1) is 5.92 Å². The van der Waals surface area contributed by atoms with E-state index in [0.717, 1.165) is 12.8 Å². The second kappa shape index (κ2) is 8.21. The highest BCUT2D eigenvalue weighted by Crippen LogP contribution is 2.35. The number of aromatic nitrogens is 3. The number of nitrogens with one attached hydrogen (secondary N) is 2. The summed E-state index contributed by atoms with van der Waals surface area (Å²) in [4.78, 5) is 53.9. The number of pyridine rings is 1. The first-order valence-corrected chi connectivity index (χ1v) is 10.7. The zero-order chi connectivity index (χ0) is 23.0. The smallest absolute Gasteiger partial charge is 0.344 e. The Hall–Kier alpha value is -3.50. The molecule has 4 rings (SSSR count). The predicted octanol–water partition coefficient (Wildman–Crippen LogP) is 1.70. The summed E-state index contributed by atoms with van der Waals surface area (Å²) in [6, 6.07) is 1.02. The largest absolute Gasteiger partial charge is 0.452 e. The van der Waals surface area contributed by atoms with Gasteiger partial charge in [0, 0.05) is 17.6 Å². The van der Waals surface area contributed by atoms with Gasteiger partial charge >= 0.3 is 12.0 Å². The fourth-order valence-electron chi connectivity index (χ4n) is 4.12. The molecule has 2 aromatic heterocycles. The van der Waals surface area contributed by atoms with Gasteiger partial charge in [0.15, 0.2) is 12.3 Å². The zero-order valence-electron chi connectivity index (χ0n) is 18.3. The number of esters is 1. The van der Waals surface area contributed by atoms with Crippen LogP contribution in [0.25, 0.3) is 11.0 Å². The fraction of sp³-hybridized carbons (Fsp3) is 0.524. The van der Waals surface area contributed by atoms with Crippen molar-refractivity contribution < 1.29 is 23.9 Å². The van der Waals surface area contributed by atoms with Crippen molar-refractivity contribution in [3.63, 3.8) is 0 Å². The van der Waals surface area contributed by atoms with Crippen molar-refractivity contribution in [1.29, 1.82) is 0 Å². The molecule has 11 heteroatoms. The topological polar surface area (TPSA) is 136 Å². The predicted molar refractivity (Wildman–Crippen MR) is 112 cm³/mol. The van der Waals surface area contributed by atoms with Crippen molar-refractivity contribution in [3.8, 4) is 0 Å². The third kappa shape index (κ3) is 3.90. The average Bonchev–Trinajstić information content (AvgIpc) is 3.29. The van der Waals surface area contributed by atoms with Crippen LogP contribution in [0.4, 0.5) is 4.79 Å². The third-order valence-corrected chi connectivity index (χ3v) is 6.02. The number of hydrazine groups is 1. The average molecular weight is 442 g/mol. The van der Waals surface area contributed by atoms with Crippen LogP contribution in [0.3, 0.4) is 0 Å². The number of carbonyl (C=O) groups excluding carboxylic acids is 4. The molecule has 0 atom stereocenters. The van der Waals surface area contributed by atoms with Gasteiger partial charge in [-0.15, -0.1) is 0 Å². The summed E-state index contributed by atoms with van der Waals surface area (Å²) in [7, 11) is 0. The molecule has 1 spiro atoms. The van der Waals surface area contributed by atoms with E-state index < -0.39 is 36.0 Å². The van der Waals surface area contributed by atoms with Crippen LogP contribution < -0.4 is 10.7 Å². The summed E-state index contributed by atoms with van der Waals surface area (Å²) in [5, 5.41) is 8.31. The van der Waals surface area contributed by atoms with E-state index in [1.807, 2.05) is 13.8 Å². The normalized spacial score (nSPS) is 23.1. The number of rotatable bonds is 5. The minimum atomic E-state index is -0.963. The van der Waals surface area contributed by atoms with Crippen LogP contribution >= 0.6 is 0 Å². The molecule has 32 heavy (non-hydrogen) atoms. The molecule has 2 N–H and O–H groups in total. The van der Waals surface area contributed by atoms with Crippen LogP contribution in [0.15, 0.2) is 18.5 Å².